The Morgan fingerprint density at radius 3 is 3.12 bits per heavy atom. The van der Waals surface area contributed by atoms with E-state index in [0.29, 0.717) is 0 Å². The summed E-state index contributed by atoms with van der Waals surface area (Å²) in [7, 11) is 1.73. The second kappa shape index (κ2) is 6.01. The lowest BCUT2D eigenvalue weighted by Crippen LogP contribution is -2.24. The van der Waals surface area contributed by atoms with E-state index < -0.39 is 0 Å². The van der Waals surface area contributed by atoms with Crippen LogP contribution in [0.15, 0.2) is 6.33 Å². The molecule has 0 saturated heterocycles. The van der Waals surface area contributed by atoms with E-state index in [1.807, 2.05) is 6.33 Å². The predicted molar refractivity (Wildman–Crippen MR) is 63.6 cm³/mol. The molecule has 1 N–H and O–H groups in total. The van der Waals surface area contributed by atoms with Gasteiger partial charge in [0.05, 0.1) is 18.6 Å². The zero-order valence-corrected chi connectivity index (χ0v) is 10.0. The minimum atomic E-state index is 0.780. The van der Waals surface area contributed by atoms with Crippen LogP contribution < -0.4 is 5.32 Å². The van der Waals surface area contributed by atoms with Gasteiger partial charge in [0.25, 0.3) is 0 Å². The molecule has 0 bridgehead atoms. The molecule has 4 nitrogen and oxygen atoms in total. The lowest BCUT2D eigenvalue weighted by molar-refractivity contribution is 0.199. The number of hydrogen-bond acceptors (Lipinski definition) is 3. The van der Waals surface area contributed by atoms with Crippen LogP contribution in [-0.4, -0.2) is 36.4 Å². The van der Waals surface area contributed by atoms with Gasteiger partial charge in [0.15, 0.2) is 0 Å². The van der Waals surface area contributed by atoms with Crippen molar-refractivity contribution in [1.82, 2.24) is 14.9 Å². The number of hydrogen-bond donors (Lipinski definition) is 1. The predicted octanol–water partition coefficient (Wildman–Crippen LogP) is 0.998. The van der Waals surface area contributed by atoms with Crippen LogP contribution in [0.25, 0.3) is 0 Å². The van der Waals surface area contributed by atoms with E-state index in [9.17, 15) is 0 Å². The van der Waals surface area contributed by atoms with Gasteiger partial charge in [0, 0.05) is 32.4 Å². The Bertz CT molecular complexity index is 322. The van der Waals surface area contributed by atoms with Crippen LogP contribution >= 0.6 is 0 Å². The van der Waals surface area contributed by atoms with Crippen molar-refractivity contribution in [3.63, 3.8) is 0 Å². The maximum atomic E-state index is 4.99. The van der Waals surface area contributed by atoms with Crippen LogP contribution in [0.5, 0.6) is 0 Å². The molecule has 0 aromatic carbocycles. The summed E-state index contributed by atoms with van der Waals surface area (Å²) in [4.78, 5) is 4.48. The molecule has 0 atom stereocenters. The van der Waals surface area contributed by atoms with Crippen LogP contribution in [0.1, 0.15) is 24.2 Å². The smallest absolute Gasteiger partial charge is 0.0952 e. The van der Waals surface area contributed by atoms with Crippen LogP contribution in [-0.2, 0) is 24.1 Å². The second-order valence-corrected chi connectivity index (χ2v) is 4.28. The van der Waals surface area contributed by atoms with Gasteiger partial charge in [-0.15, -0.1) is 0 Å². The number of aromatic nitrogens is 2. The topological polar surface area (TPSA) is 39.1 Å². The van der Waals surface area contributed by atoms with E-state index in [1.165, 1.54) is 37.1 Å². The third-order valence-electron chi connectivity index (χ3n) is 3.12. The molecule has 1 aliphatic rings. The molecule has 0 spiro atoms. The van der Waals surface area contributed by atoms with Crippen molar-refractivity contribution >= 4 is 0 Å². The molecule has 0 radical (unpaired) electrons. The first-order valence-corrected chi connectivity index (χ1v) is 6.14. The molecular weight excluding hydrogens is 202 g/mol. The van der Waals surface area contributed by atoms with E-state index in [0.717, 1.165) is 26.2 Å². The molecule has 0 amide bonds. The average molecular weight is 223 g/mol. The highest BCUT2D eigenvalue weighted by atomic mass is 16.5. The number of ether oxygens (including phenoxy) is 1. The second-order valence-electron chi connectivity index (χ2n) is 4.28. The standard InChI is InChI=1S/C12H21N3O/c1-16-9-7-13-6-8-15-10-14-11-4-2-3-5-12(11)15/h10,13H,2-9H2,1H3. The van der Waals surface area contributed by atoms with E-state index in [4.69, 9.17) is 4.74 Å². The number of nitrogens with zero attached hydrogens (tertiary/aromatic N) is 2. The summed E-state index contributed by atoms with van der Waals surface area (Å²) in [5.41, 5.74) is 2.78. The summed E-state index contributed by atoms with van der Waals surface area (Å²) < 4.78 is 7.29. The fourth-order valence-corrected chi connectivity index (χ4v) is 2.22. The molecule has 0 saturated carbocycles. The number of imidazole rings is 1. The van der Waals surface area contributed by atoms with Gasteiger partial charge in [-0.2, -0.15) is 0 Å². The summed E-state index contributed by atoms with van der Waals surface area (Å²) in [5, 5.41) is 3.36. The quantitative estimate of drug-likeness (QED) is 0.731. The Labute approximate surface area is 97.0 Å². The molecule has 0 aliphatic heterocycles. The van der Waals surface area contributed by atoms with E-state index in [1.54, 1.807) is 7.11 Å². The lowest BCUT2D eigenvalue weighted by Gasteiger charge is -2.14. The normalized spacial score (nSPS) is 15.1. The molecule has 1 aromatic rings. The molecule has 0 fully saturated rings. The van der Waals surface area contributed by atoms with E-state index in [-0.39, 0.29) is 0 Å². The van der Waals surface area contributed by atoms with Gasteiger partial charge in [-0.25, -0.2) is 4.98 Å². The molecule has 1 aromatic heterocycles. The van der Waals surface area contributed by atoms with Gasteiger partial charge in [0.1, 0.15) is 0 Å². The third-order valence-corrected chi connectivity index (χ3v) is 3.12. The van der Waals surface area contributed by atoms with Crippen LogP contribution in [0.3, 0.4) is 0 Å². The number of methoxy groups -OCH3 is 1. The van der Waals surface area contributed by atoms with Crippen molar-refractivity contribution in [3.05, 3.63) is 17.7 Å². The summed E-state index contributed by atoms with van der Waals surface area (Å²) in [5.74, 6) is 0. The zero-order chi connectivity index (χ0) is 11.2. The minimum Gasteiger partial charge on any atom is -0.383 e. The highest BCUT2D eigenvalue weighted by molar-refractivity contribution is 5.16. The van der Waals surface area contributed by atoms with Gasteiger partial charge in [0.2, 0.25) is 0 Å². The van der Waals surface area contributed by atoms with Gasteiger partial charge in [-0.05, 0) is 25.7 Å². The van der Waals surface area contributed by atoms with Crippen molar-refractivity contribution in [1.29, 1.82) is 0 Å². The molecule has 16 heavy (non-hydrogen) atoms. The SMILES string of the molecule is COCCNCCn1cnc2c1CCCC2. The highest BCUT2D eigenvalue weighted by Crippen LogP contribution is 2.19. The third kappa shape index (κ3) is 2.83. The Morgan fingerprint density at radius 2 is 2.25 bits per heavy atom. The highest BCUT2D eigenvalue weighted by Gasteiger charge is 2.14. The maximum Gasteiger partial charge on any atom is 0.0952 e. The maximum absolute atomic E-state index is 4.99. The number of rotatable bonds is 6. The fraction of sp³-hybridized carbons (Fsp3) is 0.750. The molecule has 2 rings (SSSR count). The Morgan fingerprint density at radius 1 is 1.38 bits per heavy atom. The van der Waals surface area contributed by atoms with Gasteiger partial charge < -0.3 is 14.6 Å². The molecular formula is C12H21N3O. The first kappa shape index (κ1) is 11.6. The van der Waals surface area contributed by atoms with Gasteiger partial charge in [-0.1, -0.05) is 0 Å². The van der Waals surface area contributed by atoms with E-state index in [2.05, 4.69) is 14.9 Å². The van der Waals surface area contributed by atoms with Crippen molar-refractivity contribution < 1.29 is 4.74 Å². The minimum absolute atomic E-state index is 0.780. The largest absolute Gasteiger partial charge is 0.383 e. The number of aryl methyl sites for hydroxylation is 1. The van der Waals surface area contributed by atoms with Crippen LogP contribution in [0.4, 0.5) is 0 Å². The molecule has 0 unspecified atom stereocenters. The Hall–Kier alpha value is -0.870. The van der Waals surface area contributed by atoms with Crippen molar-refractivity contribution in [2.75, 3.05) is 26.8 Å². The molecule has 90 valence electrons. The first-order chi connectivity index (χ1) is 7.92. The first-order valence-electron chi connectivity index (χ1n) is 6.14. The molecule has 1 heterocycles. The number of fused-ring (bicyclic) bond motifs is 1. The zero-order valence-electron chi connectivity index (χ0n) is 10.0. The van der Waals surface area contributed by atoms with Gasteiger partial charge in [-0.3, -0.25) is 0 Å². The van der Waals surface area contributed by atoms with Crippen LogP contribution in [0, 0.1) is 0 Å². The van der Waals surface area contributed by atoms with Crippen molar-refractivity contribution in [2.45, 2.75) is 32.2 Å². The number of nitrogens with one attached hydrogen (secondary N) is 1. The summed E-state index contributed by atoms with van der Waals surface area (Å²) >= 11 is 0. The molecule has 1 aliphatic carbocycles. The Balaban J connectivity index is 1.78. The van der Waals surface area contributed by atoms with Gasteiger partial charge >= 0.3 is 0 Å². The summed E-state index contributed by atoms with van der Waals surface area (Å²) in [6.45, 7) is 3.72. The fourth-order valence-electron chi connectivity index (χ4n) is 2.22. The lowest BCUT2D eigenvalue weighted by atomic mass is 10.0. The monoisotopic (exact) mass is 223 g/mol. The van der Waals surface area contributed by atoms with Crippen LogP contribution in [0.2, 0.25) is 0 Å². The van der Waals surface area contributed by atoms with Crippen molar-refractivity contribution in [3.8, 4) is 0 Å². The Kier molecular flexibility index (Phi) is 4.36. The van der Waals surface area contributed by atoms with Crippen molar-refractivity contribution in [2.24, 2.45) is 0 Å². The summed E-state index contributed by atoms with van der Waals surface area (Å²) in [6, 6.07) is 0. The average Bonchev–Trinajstić information content (AvgIpc) is 2.73. The molecule has 4 heteroatoms. The van der Waals surface area contributed by atoms with E-state index >= 15 is 0 Å². The summed E-state index contributed by atoms with van der Waals surface area (Å²) in [6.07, 6.45) is 6.98.